The van der Waals surface area contributed by atoms with Crippen LogP contribution < -0.4 is 0 Å². The summed E-state index contributed by atoms with van der Waals surface area (Å²) in [6, 6.07) is 3.47. The molecular weight excluding hydrogens is 114 g/mol. The van der Waals surface area contributed by atoms with Gasteiger partial charge in [-0.25, -0.2) is 0 Å². The van der Waals surface area contributed by atoms with E-state index in [0.717, 1.165) is 12.8 Å². The molecule has 0 saturated carbocycles. The maximum absolute atomic E-state index is 8.14. The molecule has 1 nitrogen and oxygen atoms in total. The fourth-order valence-electron chi connectivity index (χ4n) is 0.589. The Kier molecular flexibility index (Phi) is 4.68. The Hall–Kier alpha value is -0.293. The minimum atomic E-state index is -0.353. The zero-order valence-electron chi connectivity index (χ0n) is 5.65. The van der Waals surface area contributed by atoms with Gasteiger partial charge < -0.3 is 0 Å². The van der Waals surface area contributed by atoms with Crippen molar-refractivity contribution < 1.29 is 0 Å². The molecule has 8 heavy (non-hydrogen) atoms. The number of hydrogen-bond donors (Lipinski definition) is 0. The van der Waals surface area contributed by atoms with Gasteiger partial charge in [-0.1, -0.05) is 19.1 Å². The minimum absolute atomic E-state index is 0.353. The van der Waals surface area contributed by atoms with Crippen LogP contribution in [-0.2, 0) is 0 Å². The molecular formula is C6H13NSi. The van der Waals surface area contributed by atoms with Crippen LogP contribution in [0.25, 0.3) is 0 Å². The van der Waals surface area contributed by atoms with Crippen molar-refractivity contribution in [2.45, 2.75) is 32.0 Å². The molecule has 0 atom stereocenters. The molecule has 0 aromatic carbocycles. The van der Waals surface area contributed by atoms with E-state index in [9.17, 15) is 0 Å². The van der Waals surface area contributed by atoms with Crippen LogP contribution in [0, 0.1) is 11.3 Å². The molecule has 0 saturated heterocycles. The van der Waals surface area contributed by atoms with Gasteiger partial charge in [0.2, 0.25) is 0 Å². The van der Waals surface area contributed by atoms with Crippen LogP contribution in [-0.4, -0.2) is 8.80 Å². The third kappa shape index (κ3) is 5.71. The summed E-state index contributed by atoms with van der Waals surface area (Å²) in [5, 5.41) is 8.14. The molecule has 2 heteroatoms. The van der Waals surface area contributed by atoms with E-state index >= 15 is 0 Å². The molecule has 0 aliphatic heterocycles. The lowest BCUT2D eigenvalue weighted by atomic mass is 10.4. The molecule has 0 unspecified atom stereocenters. The molecule has 46 valence electrons. The summed E-state index contributed by atoms with van der Waals surface area (Å²) in [5.74, 6) is 0. The van der Waals surface area contributed by atoms with E-state index in [4.69, 9.17) is 5.26 Å². The zero-order valence-corrected chi connectivity index (χ0v) is 6.80. The van der Waals surface area contributed by atoms with Gasteiger partial charge in [0.25, 0.3) is 0 Å². The maximum atomic E-state index is 8.14. The van der Waals surface area contributed by atoms with Gasteiger partial charge >= 0.3 is 0 Å². The first kappa shape index (κ1) is 7.71. The van der Waals surface area contributed by atoms with Crippen molar-refractivity contribution in [1.29, 1.82) is 5.26 Å². The summed E-state index contributed by atoms with van der Waals surface area (Å²) in [6.45, 7) is 4.63. The predicted molar refractivity (Wildman–Crippen MR) is 38.5 cm³/mol. The predicted octanol–water partition coefficient (Wildman–Crippen LogP) is 1.78. The van der Waals surface area contributed by atoms with Crippen molar-refractivity contribution in [2.24, 2.45) is 0 Å². The van der Waals surface area contributed by atoms with Gasteiger partial charge in [-0.05, 0) is 6.42 Å². The largest absolute Gasteiger partial charge is 0.198 e. The Labute approximate surface area is 52.9 Å². The van der Waals surface area contributed by atoms with Crippen LogP contribution in [0.3, 0.4) is 0 Å². The third-order valence-corrected chi connectivity index (χ3v) is 2.63. The minimum Gasteiger partial charge on any atom is -0.198 e. The second-order valence-electron chi connectivity index (χ2n) is 2.44. The topological polar surface area (TPSA) is 23.8 Å². The van der Waals surface area contributed by atoms with E-state index in [1.54, 1.807) is 0 Å². The molecule has 0 rings (SSSR count). The third-order valence-electron chi connectivity index (χ3n) is 1.07. The fraction of sp³-hybridized carbons (Fsp3) is 0.833. The van der Waals surface area contributed by atoms with Gasteiger partial charge in [-0.2, -0.15) is 5.26 Å². The molecule has 0 spiro atoms. The summed E-state index contributed by atoms with van der Waals surface area (Å²) < 4.78 is 0. The molecule has 0 bridgehead atoms. The van der Waals surface area contributed by atoms with E-state index in [0.29, 0.717) is 0 Å². The number of nitriles is 1. The molecule has 0 heterocycles. The summed E-state index contributed by atoms with van der Waals surface area (Å²) in [5.41, 5.74) is 0. The maximum Gasteiger partial charge on any atom is 0.0621 e. The fourth-order valence-corrected chi connectivity index (χ4v) is 1.61. The van der Waals surface area contributed by atoms with Gasteiger partial charge in [0.15, 0.2) is 0 Å². The first-order valence-corrected chi connectivity index (χ1v) is 6.27. The normalized spacial score (nSPS) is 9.25. The monoisotopic (exact) mass is 127 g/mol. The van der Waals surface area contributed by atoms with E-state index in [-0.39, 0.29) is 8.80 Å². The summed E-state index contributed by atoms with van der Waals surface area (Å²) >= 11 is 0. The highest BCUT2D eigenvalue weighted by Crippen LogP contribution is 1.98. The molecule has 0 amide bonds. The molecule has 0 N–H and O–H groups in total. The Morgan fingerprint density at radius 2 is 2.12 bits per heavy atom. The van der Waals surface area contributed by atoms with E-state index in [1.807, 2.05) is 0 Å². The summed E-state index contributed by atoms with van der Waals surface area (Å²) in [7, 11) is -0.353. The van der Waals surface area contributed by atoms with Gasteiger partial charge in [0.05, 0.1) is 6.07 Å². The number of unbranched alkanes of at least 4 members (excludes halogenated alkanes) is 1. The Morgan fingerprint density at radius 1 is 1.50 bits per heavy atom. The van der Waals surface area contributed by atoms with Gasteiger partial charge in [0, 0.05) is 15.2 Å². The standard InChI is InChI=1S/C6H13NSi/c1-8(2)6-4-3-5-7/h8H,3-4,6H2,1-2H3. The lowest BCUT2D eigenvalue weighted by Crippen LogP contribution is -1.96. The van der Waals surface area contributed by atoms with E-state index < -0.39 is 0 Å². The Bertz CT molecular complexity index is 83.0. The van der Waals surface area contributed by atoms with Gasteiger partial charge in [-0.3, -0.25) is 0 Å². The zero-order chi connectivity index (χ0) is 6.41. The second kappa shape index (κ2) is 4.86. The summed E-state index contributed by atoms with van der Waals surface area (Å²) in [4.78, 5) is 0. The first-order chi connectivity index (χ1) is 3.77. The molecule has 0 fully saturated rings. The van der Waals surface area contributed by atoms with Crippen LogP contribution in [0.15, 0.2) is 0 Å². The SMILES string of the molecule is C[SiH](C)CCCC#N. The number of nitrogens with zero attached hydrogens (tertiary/aromatic N) is 1. The second-order valence-corrected chi connectivity index (χ2v) is 5.81. The molecule has 0 radical (unpaired) electrons. The van der Waals surface area contributed by atoms with Crippen molar-refractivity contribution >= 4 is 8.80 Å². The quantitative estimate of drug-likeness (QED) is 0.419. The number of hydrogen-bond acceptors (Lipinski definition) is 1. The molecule has 0 aliphatic carbocycles. The van der Waals surface area contributed by atoms with E-state index in [2.05, 4.69) is 19.2 Å². The van der Waals surface area contributed by atoms with Crippen LogP contribution in [0.4, 0.5) is 0 Å². The Balaban J connectivity index is 2.85. The smallest absolute Gasteiger partial charge is 0.0621 e. The van der Waals surface area contributed by atoms with Crippen LogP contribution in [0.2, 0.25) is 19.1 Å². The van der Waals surface area contributed by atoms with Gasteiger partial charge in [0.1, 0.15) is 0 Å². The van der Waals surface area contributed by atoms with Crippen LogP contribution in [0.5, 0.6) is 0 Å². The van der Waals surface area contributed by atoms with Crippen molar-refractivity contribution in [3.63, 3.8) is 0 Å². The van der Waals surface area contributed by atoms with Crippen LogP contribution >= 0.6 is 0 Å². The first-order valence-electron chi connectivity index (χ1n) is 3.14. The lowest BCUT2D eigenvalue weighted by molar-refractivity contribution is 0.953. The lowest BCUT2D eigenvalue weighted by Gasteiger charge is -1.96. The highest BCUT2D eigenvalue weighted by molar-refractivity contribution is 6.55. The van der Waals surface area contributed by atoms with Crippen molar-refractivity contribution in [2.75, 3.05) is 0 Å². The highest BCUT2D eigenvalue weighted by Gasteiger charge is 1.92. The summed E-state index contributed by atoms with van der Waals surface area (Å²) in [6.07, 6.45) is 1.88. The average Bonchev–Trinajstić information content (AvgIpc) is 1.66. The average molecular weight is 127 g/mol. The molecule has 0 aromatic heterocycles. The number of rotatable bonds is 3. The van der Waals surface area contributed by atoms with Crippen molar-refractivity contribution in [3.05, 3.63) is 0 Å². The van der Waals surface area contributed by atoms with Crippen molar-refractivity contribution in [1.82, 2.24) is 0 Å². The highest BCUT2D eigenvalue weighted by atomic mass is 28.3. The van der Waals surface area contributed by atoms with Crippen molar-refractivity contribution in [3.8, 4) is 6.07 Å². The van der Waals surface area contributed by atoms with E-state index in [1.165, 1.54) is 6.04 Å². The molecule has 0 aromatic rings. The van der Waals surface area contributed by atoms with Gasteiger partial charge in [-0.15, -0.1) is 0 Å². The Morgan fingerprint density at radius 3 is 2.50 bits per heavy atom. The van der Waals surface area contributed by atoms with Crippen LogP contribution in [0.1, 0.15) is 12.8 Å². The molecule has 0 aliphatic rings.